The van der Waals surface area contributed by atoms with E-state index in [1.807, 2.05) is 0 Å². The van der Waals surface area contributed by atoms with Crippen LogP contribution in [-0.4, -0.2) is 41.7 Å². The number of hydrogen-bond acceptors (Lipinski definition) is 1. The van der Waals surface area contributed by atoms with E-state index in [1.165, 1.54) is 128 Å². The Kier molecular flexibility index (Phi) is 16.6. The number of hydrogen-bond donors (Lipinski definition) is 1. The number of likely N-dealkylation sites (tertiary alicyclic amines) is 1. The lowest BCUT2D eigenvalue weighted by atomic mass is 10.0. The minimum atomic E-state index is -0.608. The van der Waals surface area contributed by atoms with Crippen molar-refractivity contribution in [2.24, 2.45) is 0 Å². The van der Waals surface area contributed by atoms with E-state index in [0.717, 1.165) is 24.1 Å². The smallest absolute Gasteiger partial charge is 0.359 e. The summed E-state index contributed by atoms with van der Waals surface area (Å²) in [7, 11) is 0. The zero-order chi connectivity index (χ0) is 21.0. The van der Waals surface area contributed by atoms with Crippen molar-refractivity contribution >= 4 is 5.97 Å². The molecule has 1 N–H and O–H groups in total. The van der Waals surface area contributed by atoms with Crippen LogP contribution in [0.1, 0.15) is 135 Å². The van der Waals surface area contributed by atoms with Crippen molar-refractivity contribution in [1.29, 1.82) is 0 Å². The quantitative estimate of drug-likeness (QED) is 0.175. The van der Waals surface area contributed by atoms with Crippen LogP contribution in [0.5, 0.6) is 0 Å². The average molecular weight is 411 g/mol. The van der Waals surface area contributed by atoms with Crippen molar-refractivity contribution in [3.05, 3.63) is 0 Å². The highest BCUT2D eigenvalue weighted by molar-refractivity contribution is 5.67. The topological polar surface area (TPSA) is 37.3 Å². The Morgan fingerprint density at radius 2 is 1.00 bits per heavy atom. The average Bonchev–Trinajstić information content (AvgIpc) is 2.93. The third-order valence-corrected chi connectivity index (χ3v) is 6.97. The molecule has 1 heterocycles. The van der Waals surface area contributed by atoms with Gasteiger partial charge in [0, 0.05) is 0 Å². The maximum absolute atomic E-state index is 11.3. The number of carboxylic acid groups (broad SMARTS) is 1. The highest BCUT2D eigenvalue weighted by atomic mass is 16.4. The van der Waals surface area contributed by atoms with E-state index >= 15 is 0 Å². The predicted molar refractivity (Wildman–Crippen MR) is 125 cm³/mol. The number of nitrogens with zero attached hydrogens (tertiary/aromatic N) is 1. The Bertz CT molecular complexity index is 375. The first-order valence-corrected chi connectivity index (χ1v) is 13.3. The highest BCUT2D eigenvalue weighted by Crippen LogP contribution is 2.20. The van der Waals surface area contributed by atoms with Crippen molar-refractivity contribution in [1.82, 2.24) is 0 Å². The van der Waals surface area contributed by atoms with Crippen LogP contribution in [0, 0.1) is 0 Å². The number of quaternary nitrogens is 1. The first-order chi connectivity index (χ1) is 14.2. The van der Waals surface area contributed by atoms with Gasteiger partial charge in [0.05, 0.1) is 19.6 Å². The van der Waals surface area contributed by atoms with E-state index in [2.05, 4.69) is 6.92 Å². The normalized spacial score (nSPS) is 16.6. The number of carbonyl (C=O) groups is 1. The first-order valence-electron chi connectivity index (χ1n) is 13.3. The van der Waals surface area contributed by atoms with Crippen molar-refractivity contribution in [2.45, 2.75) is 135 Å². The van der Waals surface area contributed by atoms with E-state index in [-0.39, 0.29) is 0 Å². The maximum Gasteiger partial charge on any atom is 0.359 e. The summed E-state index contributed by atoms with van der Waals surface area (Å²) in [6.07, 6.45) is 27.3. The molecule has 1 aliphatic rings. The zero-order valence-corrected chi connectivity index (χ0v) is 19.8. The molecule has 29 heavy (non-hydrogen) atoms. The lowest BCUT2D eigenvalue weighted by Crippen LogP contribution is -2.52. The molecule has 0 unspecified atom stereocenters. The Labute approximate surface area is 182 Å². The van der Waals surface area contributed by atoms with E-state index in [9.17, 15) is 9.90 Å². The molecule has 0 aromatic heterocycles. The first kappa shape index (κ1) is 26.5. The molecule has 1 fully saturated rings. The molecule has 1 saturated heterocycles. The Morgan fingerprint density at radius 1 is 0.621 bits per heavy atom. The molecule has 1 aliphatic heterocycles. The SMILES string of the molecule is CCCCCCCCCCCCCCCCCC[N+]1(CC(=O)O)CCCCCC1. The summed E-state index contributed by atoms with van der Waals surface area (Å²) >= 11 is 0. The lowest BCUT2D eigenvalue weighted by Gasteiger charge is -2.36. The van der Waals surface area contributed by atoms with Gasteiger partial charge in [0.25, 0.3) is 0 Å². The van der Waals surface area contributed by atoms with E-state index in [4.69, 9.17) is 0 Å². The van der Waals surface area contributed by atoms with Gasteiger partial charge in [-0.05, 0) is 38.5 Å². The van der Waals surface area contributed by atoms with Crippen molar-refractivity contribution in [3.8, 4) is 0 Å². The minimum absolute atomic E-state index is 0.346. The monoisotopic (exact) mass is 410 g/mol. The standard InChI is InChI=1S/C26H51NO2/c1-2-3-4-5-6-7-8-9-10-11-12-13-14-15-16-19-22-27(25-26(28)29)23-20-17-18-21-24-27/h2-25H2,1H3/p+1. The summed E-state index contributed by atoms with van der Waals surface area (Å²) in [5, 5.41) is 9.34. The van der Waals surface area contributed by atoms with Crippen LogP contribution in [-0.2, 0) is 4.79 Å². The van der Waals surface area contributed by atoms with Gasteiger partial charge in [0.2, 0.25) is 0 Å². The summed E-state index contributed by atoms with van der Waals surface area (Å²) in [5.41, 5.74) is 0. The third kappa shape index (κ3) is 15.0. The molecule has 0 bridgehead atoms. The van der Waals surface area contributed by atoms with Gasteiger partial charge in [0.15, 0.2) is 6.54 Å². The van der Waals surface area contributed by atoms with Crippen molar-refractivity contribution in [3.63, 3.8) is 0 Å². The molecule has 172 valence electrons. The second kappa shape index (κ2) is 18.2. The summed E-state index contributed by atoms with van der Waals surface area (Å²) in [6.45, 7) is 5.90. The number of rotatable bonds is 19. The summed E-state index contributed by atoms with van der Waals surface area (Å²) < 4.78 is 0.855. The molecular formula is C26H52NO2+. The fourth-order valence-electron chi connectivity index (χ4n) is 5.10. The molecule has 0 radical (unpaired) electrons. The van der Waals surface area contributed by atoms with Crippen molar-refractivity contribution in [2.75, 3.05) is 26.2 Å². The summed E-state index contributed by atoms with van der Waals surface area (Å²) in [4.78, 5) is 11.3. The molecule has 1 rings (SSSR count). The highest BCUT2D eigenvalue weighted by Gasteiger charge is 2.30. The van der Waals surface area contributed by atoms with Crippen molar-refractivity contribution < 1.29 is 14.4 Å². The minimum Gasteiger partial charge on any atom is -0.477 e. The van der Waals surface area contributed by atoms with Gasteiger partial charge in [0.1, 0.15) is 0 Å². The Balaban J connectivity index is 1.91. The molecule has 3 nitrogen and oxygen atoms in total. The molecule has 0 aromatic rings. The predicted octanol–water partition coefficient (Wildman–Crippen LogP) is 7.72. The lowest BCUT2D eigenvalue weighted by molar-refractivity contribution is -0.920. The summed E-state index contributed by atoms with van der Waals surface area (Å²) in [5.74, 6) is -0.608. The van der Waals surface area contributed by atoms with Crippen LogP contribution in [0.15, 0.2) is 0 Å². The second-order valence-corrected chi connectivity index (χ2v) is 9.78. The molecule has 0 saturated carbocycles. The van der Waals surface area contributed by atoms with Gasteiger partial charge in [-0.2, -0.15) is 0 Å². The fraction of sp³-hybridized carbons (Fsp3) is 0.962. The van der Waals surface area contributed by atoms with Gasteiger partial charge in [-0.25, -0.2) is 4.79 Å². The van der Waals surface area contributed by atoms with Gasteiger partial charge in [-0.3, -0.25) is 0 Å². The van der Waals surface area contributed by atoms with Crippen LogP contribution >= 0.6 is 0 Å². The molecular weight excluding hydrogens is 358 g/mol. The maximum atomic E-state index is 11.3. The molecule has 0 spiro atoms. The van der Waals surface area contributed by atoms with E-state index in [1.54, 1.807) is 0 Å². The van der Waals surface area contributed by atoms with E-state index < -0.39 is 5.97 Å². The molecule has 0 aromatic carbocycles. The molecule has 3 heteroatoms. The zero-order valence-electron chi connectivity index (χ0n) is 19.8. The van der Waals surface area contributed by atoms with Crippen LogP contribution in [0.25, 0.3) is 0 Å². The number of aliphatic carboxylic acids is 1. The van der Waals surface area contributed by atoms with Crippen LogP contribution < -0.4 is 0 Å². The number of unbranched alkanes of at least 4 members (excludes halogenated alkanes) is 15. The van der Waals surface area contributed by atoms with Crippen LogP contribution in [0.4, 0.5) is 0 Å². The fourth-order valence-corrected chi connectivity index (χ4v) is 5.10. The largest absolute Gasteiger partial charge is 0.477 e. The van der Waals surface area contributed by atoms with Gasteiger partial charge >= 0.3 is 5.97 Å². The Hall–Kier alpha value is -0.570. The number of carboxylic acids is 1. The van der Waals surface area contributed by atoms with Gasteiger partial charge in [-0.1, -0.05) is 96.8 Å². The van der Waals surface area contributed by atoms with Crippen LogP contribution in [0.2, 0.25) is 0 Å². The van der Waals surface area contributed by atoms with Gasteiger partial charge < -0.3 is 9.59 Å². The molecule has 0 amide bonds. The van der Waals surface area contributed by atoms with Crippen LogP contribution in [0.3, 0.4) is 0 Å². The van der Waals surface area contributed by atoms with Gasteiger partial charge in [-0.15, -0.1) is 0 Å². The molecule has 0 atom stereocenters. The third-order valence-electron chi connectivity index (χ3n) is 6.97. The second-order valence-electron chi connectivity index (χ2n) is 9.78. The van der Waals surface area contributed by atoms with E-state index in [0.29, 0.717) is 6.54 Å². The molecule has 0 aliphatic carbocycles. The summed E-state index contributed by atoms with van der Waals surface area (Å²) in [6, 6.07) is 0. The Morgan fingerprint density at radius 3 is 1.38 bits per heavy atom.